The molecule has 1 aromatic heterocycles. The summed E-state index contributed by atoms with van der Waals surface area (Å²) >= 11 is 0. The molecule has 0 aliphatic carbocycles. The molecule has 0 radical (unpaired) electrons. The van der Waals surface area contributed by atoms with Crippen molar-refractivity contribution < 1.29 is 4.74 Å². The lowest BCUT2D eigenvalue weighted by Crippen LogP contribution is -2.02. The van der Waals surface area contributed by atoms with Gasteiger partial charge in [0.15, 0.2) is 0 Å². The molecule has 0 aliphatic rings. The molecule has 5 heteroatoms. The monoisotopic (exact) mass is 230 g/mol. The molecular weight excluding hydrogens is 216 g/mol. The normalized spacial score (nSPS) is 9.94. The van der Waals surface area contributed by atoms with Crippen LogP contribution < -0.4 is 15.8 Å². The molecule has 0 fully saturated rings. The number of benzene rings is 1. The van der Waals surface area contributed by atoms with Gasteiger partial charge in [-0.15, -0.1) is 0 Å². The maximum Gasteiger partial charge on any atom is 0.233 e. The van der Waals surface area contributed by atoms with Crippen LogP contribution in [-0.2, 0) is 6.54 Å². The highest BCUT2D eigenvalue weighted by molar-refractivity contribution is 5.41. The molecule has 3 N–H and O–H groups in total. The van der Waals surface area contributed by atoms with Crippen LogP contribution in [0.4, 0.5) is 11.5 Å². The zero-order valence-electron chi connectivity index (χ0n) is 9.55. The number of ether oxygens (including phenoxy) is 1. The lowest BCUT2D eigenvalue weighted by atomic mass is 10.2. The molecule has 0 amide bonds. The predicted molar refractivity (Wildman–Crippen MR) is 66.8 cm³/mol. The van der Waals surface area contributed by atoms with Crippen LogP contribution in [0, 0.1) is 0 Å². The molecular formula is C12H14N4O. The maximum atomic E-state index is 5.61. The summed E-state index contributed by atoms with van der Waals surface area (Å²) in [5.74, 6) is 1.17. The largest absolute Gasteiger partial charge is 0.480 e. The van der Waals surface area contributed by atoms with Crippen LogP contribution in [0.5, 0.6) is 5.88 Å². The first kappa shape index (κ1) is 11.2. The van der Waals surface area contributed by atoms with Gasteiger partial charge in [0, 0.05) is 12.2 Å². The van der Waals surface area contributed by atoms with E-state index in [2.05, 4.69) is 15.3 Å². The average Bonchev–Trinajstić information content (AvgIpc) is 2.38. The second kappa shape index (κ2) is 5.16. The minimum atomic E-state index is 0.493. The van der Waals surface area contributed by atoms with Crippen LogP contribution in [-0.4, -0.2) is 17.1 Å². The standard InChI is InChI=1S/C12H14N4O/c1-17-12-8-14-7-11(16-12)15-6-9-2-4-10(13)5-3-9/h2-5,7-8H,6,13H2,1H3,(H,15,16). The molecule has 1 aromatic carbocycles. The highest BCUT2D eigenvalue weighted by Crippen LogP contribution is 2.11. The van der Waals surface area contributed by atoms with Gasteiger partial charge in [-0.3, -0.25) is 4.98 Å². The van der Waals surface area contributed by atoms with Gasteiger partial charge in [-0.1, -0.05) is 12.1 Å². The summed E-state index contributed by atoms with van der Waals surface area (Å²) in [4.78, 5) is 8.22. The quantitative estimate of drug-likeness (QED) is 0.782. The summed E-state index contributed by atoms with van der Waals surface area (Å²) in [6.45, 7) is 0.669. The molecule has 17 heavy (non-hydrogen) atoms. The van der Waals surface area contributed by atoms with Crippen molar-refractivity contribution in [2.24, 2.45) is 0 Å². The highest BCUT2D eigenvalue weighted by atomic mass is 16.5. The van der Waals surface area contributed by atoms with E-state index in [1.807, 2.05) is 24.3 Å². The molecule has 2 rings (SSSR count). The molecule has 2 aromatic rings. The molecule has 0 unspecified atom stereocenters. The molecule has 0 saturated heterocycles. The summed E-state index contributed by atoms with van der Waals surface area (Å²) in [7, 11) is 1.56. The summed E-state index contributed by atoms with van der Waals surface area (Å²) < 4.78 is 4.99. The molecule has 1 heterocycles. The van der Waals surface area contributed by atoms with Crippen molar-refractivity contribution >= 4 is 11.5 Å². The SMILES string of the molecule is COc1cncc(NCc2ccc(N)cc2)n1. The van der Waals surface area contributed by atoms with Crippen LogP contribution in [0.15, 0.2) is 36.7 Å². The highest BCUT2D eigenvalue weighted by Gasteiger charge is 1.98. The van der Waals surface area contributed by atoms with Crippen molar-refractivity contribution in [3.8, 4) is 5.88 Å². The number of nitrogens with zero attached hydrogens (tertiary/aromatic N) is 2. The van der Waals surface area contributed by atoms with E-state index in [-0.39, 0.29) is 0 Å². The fourth-order valence-corrected chi connectivity index (χ4v) is 1.36. The summed E-state index contributed by atoms with van der Waals surface area (Å²) in [5, 5.41) is 3.16. The van der Waals surface area contributed by atoms with E-state index < -0.39 is 0 Å². The van der Waals surface area contributed by atoms with Gasteiger partial charge in [0.25, 0.3) is 0 Å². The number of nitrogens with two attached hydrogens (primary N) is 1. The fourth-order valence-electron chi connectivity index (χ4n) is 1.36. The number of methoxy groups -OCH3 is 1. The van der Waals surface area contributed by atoms with E-state index in [4.69, 9.17) is 10.5 Å². The first-order valence-corrected chi connectivity index (χ1v) is 5.22. The minimum Gasteiger partial charge on any atom is -0.480 e. The van der Waals surface area contributed by atoms with Crippen LogP contribution in [0.25, 0.3) is 0 Å². The minimum absolute atomic E-state index is 0.493. The van der Waals surface area contributed by atoms with Crippen LogP contribution in [0.1, 0.15) is 5.56 Å². The number of aromatic nitrogens is 2. The lowest BCUT2D eigenvalue weighted by Gasteiger charge is -2.06. The Kier molecular flexibility index (Phi) is 3.40. The Morgan fingerprint density at radius 2 is 2.00 bits per heavy atom. The van der Waals surface area contributed by atoms with Crippen molar-refractivity contribution in [3.05, 3.63) is 42.2 Å². The van der Waals surface area contributed by atoms with Gasteiger partial charge in [-0.05, 0) is 17.7 Å². The Labute approximate surface area is 99.7 Å². The zero-order valence-corrected chi connectivity index (χ0v) is 9.55. The Morgan fingerprint density at radius 1 is 1.24 bits per heavy atom. The van der Waals surface area contributed by atoms with Crippen LogP contribution in [0.3, 0.4) is 0 Å². The first-order valence-electron chi connectivity index (χ1n) is 5.22. The number of anilines is 2. The molecule has 5 nitrogen and oxygen atoms in total. The average molecular weight is 230 g/mol. The Morgan fingerprint density at radius 3 is 2.71 bits per heavy atom. The second-order valence-electron chi connectivity index (χ2n) is 3.54. The molecule has 88 valence electrons. The third-order valence-electron chi connectivity index (χ3n) is 2.27. The van der Waals surface area contributed by atoms with Crippen LogP contribution >= 0.6 is 0 Å². The Balaban J connectivity index is 1.99. The van der Waals surface area contributed by atoms with Crippen molar-refractivity contribution in [1.82, 2.24) is 9.97 Å². The molecule has 0 bridgehead atoms. The third kappa shape index (κ3) is 3.07. The van der Waals surface area contributed by atoms with Gasteiger partial charge < -0.3 is 15.8 Å². The maximum absolute atomic E-state index is 5.61. The topological polar surface area (TPSA) is 73.1 Å². The van der Waals surface area contributed by atoms with Gasteiger partial charge in [0.05, 0.1) is 19.5 Å². The zero-order chi connectivity index (χ0) is 12.1. The number of rotatable bonds is 4. The van der Waals surface area contributed by atoms with Crippen molar-refractivity contribution in [2.75, 3.05) is 18.2 Å². The number of nitrogen functional groups attached to an aromatic ring is 1. The van der Waals surface area contributed by atoms with Crippen molar-refractivity contribution in [3.63, 3.8) is 0 Å². The lowest BCUT2D eigenvalue weighted by molar-refractivity contribution is 0.396. The van der Waals surface area contributed by atoms with E-state index in [1.165, 1.54) is 0 Å². The molecule has 0 spiro atoms. The van der Waals surface area contributed by atoms with Gasteiger partial charge in [-0.25, -0.2) is 0 Å². The van der Waals surface area contributed by atoms with Gasteiger partial charge >= 0.3 is 0 Å². The fraction of sp³-hybridized carbons (Fsp3) is 0.167. The number of hydrogen-bond acceptors (Lipinski definition) is 5. The van der Waals surface area contributed by atoms with E-state index in [0.717, 1.165) is 11.3 Å². The molecule has 0 atom stereocenters. The summed E-state index contributed by atoms with van der Waals surface area (Å²) in [5.41, 5.74) is 7.50. The number of nitrogens with one attached hydrogen (secondary N) is 1. The Hall–Kier alpha value is -2.30. The van der Waals surface area contributed by atoms with Gasteiger partial charge in [0.2, 0.25) is 5.88 Å². The third-order valence-corrected chi connectivity index (χ3v) is 2.27. The second-order valence-corrected chi connectivity index (χ2v) is 3.54. The van der Waals surface area contributed by atoms with E-state index >= 15 is 0 Å². The van der Waals surface area contributed by atoms with E-state index in [0.29, 0.717) is 18.2 Å². The Bertz CT molecular complexity index is 484. The van der Waals surface area contributed by atoms with E-state index in [1.54, 1.807) is 19.5 Å². The molecule has 0 saturated carbocycles. The van der Waals surface area contributed by atoms with Gasteiger partial charge in [0.1, 0.15) is 5.82 Å². The number of hydrogen-bond donors (Lipinski definition) is 2. The first-order chi connectivity index (χ1) is 8.28. The molecule has 0 aliphatic heterocycles. The van der Waals surface area contributed by atoms with Crippen molar-refractivity contribution in [1.29, 1.82) is 0 Å². The smallest absolute Gasteiger partial charge is 0.233 e. The van der Waals surface area contributed by atoms with Crippen molar-refractivity contribution in [2.45, 2.75) is 6.54 Å². The van der Waals surface area contributed by atoms with E-state index in [9.17, 15) is 0 Å². The predicted octanol–water partition coefficient (Wildman–Crippen LogP) is 1.68. The summed E-state index contributed by atoms with van der Waals surface area (Å²) in [6, 6.07) is 7.68. The summed E-state index contributed by atoms with van der Waals surface area (Å²) in [6.07, 6.45) is 3.22. The van der Waals surface area contributed by atoms with Crippen LogP contribution in [0.2, 0.25) is 0 Å². The van der Waals surface area contributed by atoms with Gasteiger partial charge in [-0.2, -0.15) is 4.98 Å².